The van der Waals surface area contributed by atoms with E-state index in [1.165, 1.54) is 96.3 Å². The molecule has 358 valence electrons. The van der Waals surface area contributed by atoms with Gasteiger partial charge in [0.05, 0.1) is 40.3 Å². The Labute approximate surface area is 380 Å². The number of quaternary nitrogens is 1. The lowest BCUT2D eigenvalue weighted by atomic mass is 10.0. The van der Waals surface area contributed by atoms with E-state index in [2.05, 4.69) is 74.6 Å². The van der Waals surface area contributed by atoms with Gasteiger partial charge in [0.2, 0.25) is 0 Å². The first-order valence-corrected chi connectivity index (χ1v) is 24.9. The lowest BCUT2D eigenvalue weighted by Crippen LogP contribution is -2.44. The predicted octanol–water partition coefficient (Wildman–Crippen LogP) is 12.4. The van der Waals surface area contributed by atoms with Crippen LogP contribution >= 0.6 is 0 Å². The molecule has 62 heavy (non-hydrogen) atoms. The van der Waals surface area contributed by atoms with Crippen LogP contribution in [0.3, 0.4) is 0 Å². The molecule has 0 bridgehead atoms. The number of allylic oxidation sites excluding steroid dienone is 10. The molecule has 0 saturated carbocycles. The van der Waals surface area contributed by atoms with Crippen molar-refractivity contribution in [2.75, 3.05) is 47.5 Å². The number of carbonyl (C=O) groups is 3. The van der Waals surface area contributed by atoms with E-state index in [9.17, 15) is 19.5 Å². The molecule has 0 fully saturated rings. The Kier molecular flexibility index (Phi) is 42.4. The first kappa shape index (κ1) is 59.0. The molecule has 0 aliphatic heterocycles. The molecule has 0 aromatic heterocycles. The Morgan fingerprint density at radius 2 is 0.919 bits per heavy atom. The van der Waals surface area contributed by atoms with Crippen LogP contribution in [0.1, 0.15) is 200 Å². The van der Waals surface area contributed by atoms with Gasteiger partial charge in [0, 0.05) is 12.8 Å². The fraction of sp³-hybridized carbons (Fsp3) is 0.755. The Balaban J connectivity index is 4.03. The van der Waals surface area contributed by atoms with Crippen molar-refractivity contribution >= 4 is 17.9 Å². The molecular formula is C53H93NO8. The highest BCUT2D eigenvalue weighted by Crippen LogP contribution is 2.15. The van der Waals surface area contributed by atoms with Crippen LogP contribution in [0, 0.1) is 0 Å². The number of ether oxygens (including phenoxy) is 4. The van der Waals surface area contributed by atoms with Gasteiger partial charge in [0.25, 0.3) is 0 Å². The summed E-state index contributed by atoms with van der Waals surface area (Å²) in [5, 5.41) is 11.7. The highest BCUT2D eigenvalue weighted by molar-refractivity contribution is 5.70. The summed E-state index contributed by atoms with van der Waals surface area (Å²) in [5.41, 5.74) is 0. The molecule has 0 radical (unpaired) electrons. The number of hydrogen-bond donors (Lipinski definition) is 0. The fourth-order valence-electron chi connectivity index (χ4n) is 6.68. The average Bonchev–Trinajstić information content (AvgIpc) is 3.23. The standard InChI is InChI=1S/C53H93NO8/c1-6-8-10-12-14-15-16-17-18-19-20-21-22-23-24-25-26-27-28-29-30-31-32-33-34-35-36-37-38-40-42-44-51(56)62-49(47-60-50(55)43-41-39-13-11-9-7-2)48-61-53(52(57)58)59-46-45-54(3,4)5/h8,10,14-15,17-18,20-21,23-24,49,53H,6-7,9,11-13,16,19,22,25-48H2,1-5H3/b10-8-,15-14-,18-17-,21-20-,24-23-. The van der Waals surface area contributed by atoms with Crippen molar-refractivity contribution in [2.24, 2.45) is 0 Å². The molecule has 0 rings (SSSR count). The first-order valence-electron chi connectivity index (χ1n) is 24.9. The van der Waals surface area contributed by atoms with Crippen LogP contribution in [0.4, 0.5) is 0 Å². The molecule has 2 atom stereocenters. The molecule has 0 aliphatic carbocycles. The molecule has 0 saturated heterocycles. The van der Waals surface area contributed by atoms with Gasteiger partial charge in [0.1, 0.15) is 13.2 Å². The molecule has 9 heteroatoms. The van der Waals surface area contributed by atoms with Gasteiger partial charge in [-0.25, -0.2) is 0 Å². The maximum atomic E-state index is 12.7. The minimum atomic E-state index is -1.62. The molecule has 9 nitrogen and oxygen atoms in total. The maximum absolute atomic E-state index is 12.7. The monoisotopic (exact) mass is 872 g/mol. The number of rotatable bonds is 45. The van der Waals surface area contributed by atoms with Crippen molar-refractivity contribution in [1.82, 2.24) is 0 Å². The smallest absolute Gasteiger partial charge is 0.306 e. The van der Waals surface area contributed by atoms with Gasteiger partial charge in [-0.05, 0) is 57.8 Å². The summed E-state index contributed by atoms with van der Waals surface area (Å²) in [6.45, 7) is 4.55. The van der Waals surface area contributed by atoms with E-state index in [1.54, 1.807) is 0 Å². The van der Waals surface area contributed by atoms with E-state index >= 15 is 0 Å². The van der Waals surface area contributed by atoms with Crippen LogP contribution in [-0.2, 0) is 33.3 Å². The van der Waals surface area contributed by atoms with Crippen LogP contribution < -0.4 is 5.11 Å². The van der Waals surface area contributed by atoms with Gasteiger partial charge in [-0.1, -0.05) is 190 Å². The SMILES string of the molecule is CC/C=C\C/C=C\C/C=C\C/C=C\C/C=C\CCCCCCCCCCCCCCCCCC(=O)OC(COC(=O)CCCCCCCC)COC(OCC[N+](C)(C)C)C(=O)[O-]. The average molecular weight is 872 g/mol. The number of hydrogen-bond acceptors (Lipinski definition) is 8. The molecule has 0 aromatic carbocycles. The summed E-state index contributed by atoms with van der Waals surface area (Å²) in [6, 6.07) is 0. The topological polar surface area (TPSA) is 111 Å². The second-order valence-corrected chi connectivity index (χ2v) is 17.7. The van der Waals surface area contributed by atoms with E-state index in [-0.39, 0.29) is 38.6 Å². The Morgan fingerprint density at radius 1 is 0.500 bits per heavy atom. The van der Waals surface area contributed by atoms with Gasteiger partial charge >= 0.3 is 11.9 Å². The number of aliphatic carboxylic acids is 1. The molecule has 0 amide bonds. The van der Waals surface area contributed by atoms with Crippen molar-refractivity contribution in [3.63, 3.8) is 0 Å². The van der Waals surface area contributed by atoms with E-state index in [1.807, 2.05) is 21.1 Å². The van der Waals surface area contributed by atoms with Gasteiger partial charge in [-0.2, -0.15) is 0 Å². The van der Waals surface area contributed by atoms with Crippen LogP contribution in [-0.4, -0.2) is 82.3 Å². The first-order chi connectivity index (χ1) is 30.1. The number of carboxylic acids is 1. The molecular weight excluding hydrogens is 779 g/mol. The lowest BCUT2D eigenvalue weighted by molar-refractivity contribution is -0.870. The predicted molar refractivity (Wildman–Crippen MR) is 255 cm³/mol. The molecule has 0 spiro atoms. The molecule has 0 heterocycles. The summed E-state index contributed by atoms with van der Waals surface area (Å²) in [6.07, 6.45) is 51.6. The summed E-state index contributed by atoms with van der Waals surface area (Å²) in [5.74, 6) is -2.29. The third kappa shape index (κ3) is 45.0. The molecule has 0 aromatic rings. The van der Waals surface area contributed by atoms with Gasteiger partial charge < -0.3 is 33.3 Å². The van der Waals surface area contributed by atoms with Crippen molar-refractivity contribution in [3.05, 3.63) is 60.8 Å². The zero-order valence-corrected chi connectivity index (χ0v) is 40.5. The number of carboxylic acid groups (broad SMARTS) is 1. The van der Waals surface area contributed by atoms with E-state index in [4.69, 9.17) is 18.9 Å². The molecule has 0 aliphatic rings. The normalized spacial score (nSPS) is 13.4. The van der Waals surface area contributed by atoms with Crippen LogP contribution in [0.15, 0.2) is 60.8 Å². The minimum Gasteiger partial charge on any atom is -0.545 e. The van der Waals surface area contributed by atoms with Crippen LogP contribution in [0.25, 0.3) is 0 Å². The van der Waals surface area contributed by atoms with Crippen LogP contribution in [0.2, 0.25) is 0 Å². The highest BCUT2D eigenvalue weighted by atomic mass is 16.7. The van der Waals surface area contributed by atoms with Crippen molar-refractivity contribution in [3.8, 4) is 0 Å². The third-order valence-corrected chi connectivity index (χ3v) is 10.5. The maximum Gasteiger partial charge on any atom is 0.306 e. The van der Waals surface area contributed by atoms with E-state index in [0.29, 0.717) is 17.4 Å². The lowest BCUT2D eigenvalue weighted by Gasteiger charge is -2.26. The van der Waals surface area contributed by atoms with E-state index in [0.717, 1.165) is 70.6 Å². The van der Waals surface area contributed by atoms with Gasteiger partial charge in [-0.3, -0.25) is 9.59 Å². The number of unbranched alkanes of at least 4 members (excludes halogenated alkanes) is 20. The van der Waals surface area contributed by atoms with Crippen molar-refractivity contribution < 1.29 is 42.9 Å². The van der Waals surface area contributed by atoms with Gasteiger partial charge in [0.15, 0.2) is 12.4 Å². The number of nitrogens with zero attached hydrogens (tertiary/aromatic N) is 1. The largest absolute Gasteiger partial charge is 0.545 e. The van der Waals surface area contributed by atoms with Crippen LogP contribution in [0.5, 0.6) is 0 Å². The Morgan fingerprint density at radius 3 is 1.37 bits per heavy atom. The van der Waals surface area contributed by atoms with Crippen molar-refractivity contribution in [1.29, 1.82) is 0 Å². The number of likely N-dealkylation sites (N-methyl/N-ethyl adjacent to an activating group) is 1. The van der Waals surface area contributed by atoms with E-state index < -0.39 is 24.3 Å². The Hall–Kier alpha value is -3.01. The highest BCUT2D eigenvalue weighted by Gasteiger charge is 2.21. The fourth-order valence-corrected chi connectivity index (χ4v) is 6.68. The minimum absolute atomic E-state index is 0.147. The van der Waals surface area contributed by atoms with Crippen molar-refractivity contribution in [2.45, 2.75) is 212 Å². The molecule has 2 unspecified atom stereocenters. The second kappa shape index (κ2) is 44.6. The van der Waals surface area contributed by atoms with Gasteiger partial charge in [-0.15, -0.1) is 0 Å². The number of carbonyl (C=O) groups excluding carboxylic acids is 3. The number of esters is 2. The second-order valence-electron chi connectivity index (χ2n) is 17.7. The summed E-state index contributed by atoms with van der Waals surface area (Å²) in [4.78, 5) is 36.8. The summed E-state index contributed by atoms with van der Waals surface area (Å²) < 4.78 is 22.4. The molecule has 0 N–H and O–H groups in total. The summed E-state index contributed by atoms with van der Waals surface area (Å²) >= 11 is 0. The quantitative estimate of drug-likeness (QED) is 0.0196. The third-order valence-electron chi connectivity index (χ3n) is 10.5. The zero-order chi connectivity index (χ0) is 45.6. The zero-order valence-electron chi connectivity index (χ0n) is 40.5. The summed E-state index contributed by atoms with van der Waals surface area (Å²) in [7, 11) is 5.90. The Bertz CT molecular complexity index is 1200.